The number of methoxy groups -OCH3 is 1. The van der Waals surface area contributed by atoms with E-state index >= 15 is 0 Å². The van der Waals surface area contributed by atoms with Gasteiger partial charge >= 0.3 is 6.09 Å². The van der Waals surface area contributed by atoms with Crippen molar-refractivity contribution in [2.45, 2.75) is 84.3 Å². The molecule has 1 saturated heterocycles. The minimum absolute atomic E-state index is 0.106. The normalized spacial score (nSPS) is 17.5. The second kappa shape index (κ2) is 17.4. The smallest absolute Gasteiger partial charge is 0.407 e. The van der Waals surface area contributed by atoms with Crippen LogP contribution >= 0.6 is 0 Å². The van der Waals surface area contributed by atoms with Crippen molar-refractivity contribution in [3.63, 3.8) is 0 Å². The van der Waals surface area contributed by atoms with Gasteiger partial charge < -0.3 is 40.0 Å². The van der Waals surface area contributed by atoms with Crippen LogP contribution in [0.1, 0.15) is 76.9 Å². The highest BCUT2D eigenvalue weighted by Gasteiger charge is 2.36. The van der Waals surface area contributed by atoms with Gasteiger partial charge in [-0.05, 0) is 61.6 Å². The van der Waals surface area contributed by atoms with Crippen molar-refractivity contribution in [3.05, 3.63) is 102 Å². The van der Waals surface area contributed by atoms with Crippen molar-refractivity contribution in [2.24, 2.45) is 17.6 Å². The first-order chi connectivity index (χ1) is 29.7. The number of alkyl halides is 2. The van der Waals surface area contributed by atoms with Gasteiger partial charge in [-0.3, -0.25) is 9.69 Å². The standard InChI is InChI=1S/C47H55F2N9O4/c1-27(2)34(50)24-56-18-10-13-38(56)43-52-23-36(54-43)31-14-16-33-39-20-32-19-30(15-17-37(32)58(39)45(62-40(33)21-31)29-11-8-7-9-12-29)35-22-51-41(53-35)25-57(26-47(5,48)49)44(59)42(28(3)4)55-46(60)61-6/h7-9,11-12,14-17,19-23,27-28,34,38,42,45H,10,13,18,24-26,50H2,1-6H3,(H,51,53)(H,52,54)(H,55,60). The highest BCUT2D eigenvalue weighted by Crippen LogP contribution is 2.46. The topological polar surface area (TPSA) is 159 Å². The number of amides is 2. The molecule has 0 bridgehead atoms. The number of likely N-dealkylation sites (tertiary alicyclic amines) is 1. The van der Waals surface area contributed by atoms with E-state index in [1.165, 1.54) is 7.11 Å². The van der Waals surface area contributed by atoms with E-state index in [0.29, 0.717) is 17.4 Å². The highest BCUT2D eigenvalue weighted by molar-refractivity contribution is 5.92. The molecule has 1 fully saturated rings. The minimum Gasteiger partial charge on any atom is -0.465 e. The largest absolute Gasteiger partial charge is 0.465 e. The molecule has 2 amide bonds. The Hall–Kier alpha value is -6.06. The predicted molar refractivity (Wildman–Crippen MR) is 234 cm³/mol. The summed E-state index contributed by atoms with van der Waals surface area (Å²) in [6.45, 7) is 9.28. The molecular weight excluding hydrogens is 793 g/mol. The number of hydrogen-bond acceptors (Lipinski definition) is 8. The number of benzene rings is 3. The van der Waals surface area contributed by atoms with E-state index in [-0.39, 0.29) is 24.5 Å². The zero-order chi connectivity index (χ0) is 43.9. The van der Waals surface area contributed by atoms with Gasteiger partial charge in [0.25, 0.3) is 5.92 Å². The fourth-order valence-corrected chi connectivity index (χ4v) is 8.57. The third-order valence-electron chi connectivity index (χ3n) is 12.0. The van der Waals surface area contributed by atoms with Gasteiger partial charge in [-0.2, -0.15) is 0 Å². The molecule has 15 heteroatoms. The molecule has 5 N–H and O–H groups in total. The number of hydrogen-bond donors (Lipinski definition) is 4. The molecule has 5 heterocycles. The second-order valence-corrected chi connectivity index (χ2v) is 17.4. The second-order valence-electron chi connectivity index (χ2n) is 17.4. The number of halogens is 2. The van der Waals surface area contributed by atoms with Crippen LogP contribution in [0.4, 0.5) is 13.6 Å². The number of nitrogens with one attached hydrogen (secondary N) is 3. The van der Waals surface area contributed by atoms with Crippen LogP contribution in [0.2, 0.25) is 0 Å². The van der Waals surface area contributed by atoms with Crippen LogP contribution in [0.5, 0.6) is 5.75 Å². The summed E-state index contributed by atoms with van der Waals surface area (Å²) in [5.41, 5.74) is 13.7. The number of aromatic amines is 2. The predicted octanol–water partition coefficient (Wildman–Crippen LogP) is 8.51. The molecule has 62 heavy (non-hydrogen) atoms. The Morgan fingerprint density at radius 2 is 1.71 bits per heavy atom. The van der Waals surface area contributed by atoms with E-state index in [0.717, 1.165) is 93.9 Å². The van der Waals surface area contributed by atoms with Gasteiger partial charge in [-0.25, -0.2) is 23.5 Å². The Balaban J connectivity index is 1.09. The van der Waals surface area contributed by atoms with Crippen LogP contribution in [0.25, 0.3) is 44.7 Å². The van der Waals surface area contributed by atoms with Crippen molar-refractivity contribution in [2.75, 3.05) is 26.7 Å². The Morgan fingerprint density at radius 3 is 2.44 bits per heavy atom. The Labute approximate surface area is 360 Å². The lowest BCUT2D eigenvalue weighted by atomic mass is 10.0. The molecule has 0 spiro atoms. The number of aromatic nitrogens is 5. The summed E-state index contributed by atoms with van der Waals surface area (Å²) in [6, 6.07) is 23.9. The van der Waals surface area contributed by atoms with Gasteiger partial charge in [-0.1, -0.05) is 70.2 Å². The molecule has 2 aliphatic heterocycles. The summed E-state index contributed by atoms with van der Waals surface area (Å²) < 4.78 is 42.7. The van der Waals surface area contributed by atoms with Crippen LogP contribution in [0.3, 0.4) is 0 Å². The van der Waals surface area contributed by atoms with Crippen molar-refractivity contribution in [1.82, 2.24) is 39.6 Å². The van der Waals surface area contributed by atoms with Gasteiger partial charge in [0.2, 0.25) is 12.1 Å². The number of alkyl carbamates (subject to hydrolysis) is 1. The molecular formula is C47H55F2N9O4. The first kappa shape index (κ1) is 42.6. The first-order valence-corrected chi connectivity index (χ1v) is 21.3. The summed E-state index contributed by atoms with van der Waals surface area (Å²) >= 11 is 0. The van der Waals surface area contributed by atoms with Crippen molar-refractivity contribution in [3.8, 4) is 39.5 Å². The molecule has 4 unspecified atom stereocenters. The summed E-state index contributed by atoms with van der Waals surface area (Å²) in [5, 5.41) is 3.45. The third-order valence-corrected chi connectivity index (χ3v) is 12.0. The minimum atomic E-state index is -3.19. The summed E-state index contributed by atoms with van der Waals surface area (Å²) in [7, 11) is 1.18. The van der Waals surface area contributed by atoms with E-state index in [2.05, 4.69) is 90.8 Å². The number of H-pyrrole nitrogens is 2. The lowest BCUT2D eigenvalue weighted by molar-refractivity contribution is -0.140. The van der Waals surface area contributed by atoms with E-state index < -0.39 is 36.7 Å². The van der Waals surface area contributed by atoms with Crippen molar-refractivity contribution < 1.29 is 27.8 Å². The number of ether oxygens (including phenoxy) is 2. The maximum atomic E-state index is 14.4. The molecule has 326 valence electrons. The van der Waals surface area contributed by atoms with Gasteiger partial charge in [-0.15, -0.1) is 0 Å². The number of nitrogens with zero attached hydrogens (tertiary/aromatic N) is 5. The molecule has 2 aliphatic rings. The quantitative estimate of drug-likeness (QED) is 0.0850. The molecule has 8 rings (SSSR count). The van der Waals surface area contributed by atoms with Crippen molar-refractivity contribution >= 4 is 22.9 Å². The molecule has 0 aliphatic carbocycles. The van der Waals surface area contributed by atoms with Gasteiger partial charge in [0, 0.05) is 47.2 Å². The Bertz CT molecular complexity index is 2540. The Kier molecular flexibility index (Phi) is 11.9. The van der Waals surface area contributed by atoms with Gasteiger partial charge in [0.1, 0.15) is 23.4 Å². The number of carbonyl (C=O) groups is 2. The van der Waals surface area contributed by atoms with E-state index in [4.69, 9.17) is 15.5 Å². The molecule has 3 aromatic carbocycles. The molecule has 6 aromatic rings. The molecule has 4 atom stereocenters. The lowest BCUT2D eigenvalue weighted by Crippen LogP contribution is -2.53. The molecule has 13 nitrogen and oxygen atoms in total. The van der Waals surface area contributed by atoms with E-state index in [1.54, 1.807) is 20.0 Å². The van der Waals surface area contributed by atoms with Crippen LogP contribution in [-0.2, 0) is 16.1 Å². The first-order valence-electron chi connectivity index (χ1n) is 21.3. The number of carbonyl (C=O) groups excluding carboxylic acids is 2. The number of fused-ring (bicyclic) bond motifs is 5. The van der Waals surface area contributed by atoms with Gasteiger partial charge in [0.15, 0.2) is 0 Å². The average Bonchev–Trinajstić information content (AvgIpc) is 4.08. The highest BCUT2D eigenvalue weighted by atomic mass is 19.3. The third kappa shape index (κ3) is 8.82. The molecule has 0 saturated carbocycles. The number of rotatable bonds is 14. The van der Waals surface area contributed by atoms with Gasteiger partial charge in [0.05, 0.1) is 61.2 Å². The lowest BCUT2D eigenvalue weighted by Gasteiger charge is -2.30. The van der Waals surface area contributed by atoms with Crippen LogP contribution < -0.4 is 15.8 Å². The van der Waals surface area contributed by atoms with Crippen LogP contribution in [0, 0.1) is 11.8 Å². The maximum Gasteiger partial charge on any atom is 0.407 e. The molecule has 3 aromatic heterocycles. The summed E-state index contributed by atoms with van der Waals surface area (Å²) in [5.74, 6) is -1.82. The van der Waals surface area contributed by atoms with Crippen LogP contribution in [-0.4, -0.2) is 91.1 Å². The fourth-order valence-electron chi connectivity index (χ4n) is 8.57. The van der Waals surface area contributed by atoms with E-state index in [9.17, 15) is 18.4 Å². The monoisotopic (exact) mass is 847 g/mol. The van der Waals surface area contributed by atoms with Crippen LogP contribution in [0.15, 0.2) is 85.2 Å². The SMILES string of the molecule is COC(=O)NC(C(=O)N(Cc1ncc(-c2ccc3c(c2)cc2n3C(c3ccccc3)Oc3cc(-c4cnc(C5CCCN5CC(N)C(C)C)[nH]4)ccc3-2)[nH]1)CC(C)(F)F)C(C)C. The zero-order valence-electron chi connectivity index (χ0n) is 36.0. The fraction of sp³-hybridized carbons (Fsp3) is 0.404. The zero-order valence-corrected chi connectivity index (χ0v) is 36.0. The summed E-state index contributed by atoms with van der Waals surface area (Å²) in [6.07, 6.45) is 4.41. The van der Waals surface area contributed by atoms with Crippen molar-refractivity contribution in [1.29, 1.82) is 0 Å². The number of imidazole rings is 2. The molecule has 0 radical (unpaired) electrons. The van der Waals surface area contributed by atoms with E-state index in [1.807, 2.05) is 36.5 Å². The summed E-state index contributed by atoms with van der Waals surface area (Å²) in [4.78, 5) is 45.3. The maximum absolute atomic E-state index is 14.4. The number of nitrogens with two attached hydrogens (primary N) is 1. The Morgan fingerprint density at radius 1 is 0.984 bits per heavy atom. The average molecular weight is 848 g/mol.